The third-order valence-corrected chi connectivity index (χ3v) is 12.8. The van der Waals surface area contributed by atoms with Crippen molar-refractivity contribution in [3.63, 3.8) is 0 Å². The van der Waals surface area contributed by atoms with Crippen molar-refractivity contribution in [2.75, 3.05) is 0 Å². The summed E-state index contributed by atoms with van der Waals surface area (Å²) < 4.78 is 2.52. The van der Waals surface area contributed by atoms with Crippen LogP contribution in [0.4, 0.5) is 0 Å². The Bertz CT molecular complexity index is 3450. The Hall–Kier alpha value is -6.96. The maximum Gasteiger partial charge on any atom is 0.0726 e. The lowest BCUT2D eigenvalue weighted by molar-refractivity contribution is 0.794. The Labute approximate surface area is 312 Å². The molecule has 1 heterocycles. The van der Waals surface area contributed by atoms with Gasteiger partial charge in [0.15, 0.2) is 0 Å². The summed E-state index contributed by atoms with van der Waals surface area (Å²) in [6.45, 7) is 0. The summed E-state index contributed by atoms with van der Waals surface area (Å²) >= 11 is 0. The summed E-state index contributed by atoms with van der Waals surface area (Å²) in [7, 11) is 0. The molecule has 11 aromatic rings. The van der Waals surface area contributed by atoms with Crippen molar-refractivity contribution in [1.82, 2.24) is 4.57 Å². The Morgan fingerprint density at radius 3 is 1.54 bits per heavy atom. The fraction of sp³-hybridized carbons (Fsp3) is 0.0189. The fourth-order valence-corrected chi connectivity index (χ4v) is 10.7. The fourth-order valence-electron chi connectivity index (χ4n) is 10.7. The number of hydrogen-bond acceptors (Lipinski definition) is 0. The zero-order valence-electron chi connectivity index (χ0n) is 29.3. The van der Waals surface area contributed by atoms with Gasteiger partial charge in [0.2, 0.25) is 0 Å². The van der Waals surface area contributed by atoms with Gasteiger partial charge in [0.25, 0.3) is 0 Å². The van der Waals surface area contributed by atoms with E-state index in [0.29, 0.717) is 0 Å². The first-order valence-electron chi connectivity index (χ1n) is 18.9. The van der Waals surface area contributed by atoms with Crippen molar-refractivity contribution in [2.45, 2.75) is 5.41 Å². The van der Waals surface area contributed by atoms with E-state index in [2.05, 4.69) is 193 Å². The highest BCUT2D eigenvalue weighted by molar-refractivity contribution is 6.26. The molecule has 0 N–H and O–H groups in total. The predicted molar refractivity (Wildman–Crippen MR) is 227 cm³/mol. The molecule has 0 bridgehead atoms. The van der Waals surface area contributed by atoms with Crippen LogP contribution in [0.15, 0.2) is 188 Å². The van der Waals surface area contributed by atoms with Gasteiger partial charge >= 0.3 is 0 Å². The standard InChI is InChI=1S/C53H31N/c1-2-14-34-32(13-1)25-27-43-42-21-9-12-24-51(42)54(52(34)43)33-26-28-41-39-19-7-10-22-47(39)53(49(41)29-33)48-23-11-8-20-40(48)46-30-44-37-17-5-3-15-35(37)36-16-4-6-18-38(36)45(44)31-50(46)53/h1-31H. The number of para-hydroxylation sites is 1. The average Bonchev–Trinajstić information content (AvgIpc) is 3.85. The molecule has 1 spiro atoms. The summed E-state index contributed by atoms with van der Waals surface area (Å²) in [5.74, 6) is 0. The van der Waals surface area contributed by atoms with Gasteiger partial charge in [0.05, 0.1) is 16.4 Å². The van der Waals surface area contributed by atoms with Crippen LogP contribution in [0, 0.1) is 0 Å². The number of rotatable bonds is 1. The molecule has 1 unspecified atom stereocenters. The molecule has 0 aliphatic heterocycles. The number of hydrogen-bond donors (Lipinski definition) is 0. The van der Waals surface area contributed by atoms with E-state index in [-0.39, 0.29) is 0 Å². The van der Waals surface area contributed by atoms with E-state index < -0.39 is 5.41 Å². The van der Waals surface area contributed by atoms with Gasteiger partial charge in [-0.25, -0.2) is 0 Å². The zero-order valence-corrected chi connectivity index (χ0v) is 29.3. The molecule has 1 heteroatoms. The Morgan fingerprint density at radius 1 is 0.296 bits per heavy atom. The number of aromatic nitrogens is 1. The molecule has 0 saturated carbocycles. The van der Waals surface area contributed by atoms with Crippen molar-refractivity contribution < 1.29 is 0 Å². The Balaban J connectivity index is 1.19. The van der Waals surface area contributed by atoms with Crippen LogP contribution in [0.3, 0.4) is 0 Å². The van der Waals surface area contributed by atoms with Crippen molar-refractivity contribution in [2.24, 2.45) is 0 Å². The summed E-state index contributed by atoms with van der Waals surface area (Å²) in [6, 6.07) is 70.9. The lowest BCUT2D eigenvalue weighted by atomic mass is 9.70. The summed E-state index contributed by atoms with van der Waals surface area (Å²) in [5.41, 5.74) is 13.9. The molecule has 13 rings (SSSR count). The van der Waals surface area contributed by atoms with E-state index in [0.717, 1.165) is 0 Å². The van der Waals surface area contributed by atoms with Gasteiger partial charge in [-0.2, -0.15) is 0 Å². The molecule has 2 aliphatic rings. The average molecular weight is 682 g/mol. The SMILES string of the molecule is c1ccc2c(c1)-c1ccc(-n3c4ccccc4c4ccc5ccccc5c43)cc1C21c2ccccc2-c2cc3c4ccccc4c4ccccc4c3cc21. The lowest BCUT2D eigenvalue weighted by Crippen LogP contribution is -2.26. The molecule has 1 atom stereocenters. The minimum atomic E-state index is -0.477. The molecule has 0 fully saturated rings. The maximum absolute atomic E-state index is 2.56. The van der Waals surface area contributed by atoms with Gasteiger partial charge in [-0.3, -0.25) is 0 Å². The third kappa shape index (κ3) is 3.37. The first-order chi connectivity index (χ1) is 26.8. The molecule has 10 aromatic carbocycles. The monoisotopic (exact) mass is 681 g/mol. The van der Waals surface area contributed by atoms with Crippen LogP contribution in [-0.4, -0.2) is 4.57 Å². The van der Waals surface area contributed by atoms with Gasteiger partial charge in [-0.1, -0.05) is 158 Å². The molecule has 248 valence electrons. The van der Waals surface area contributed by atoms with Crippen LogP contribution in [0.2, 0.25) is 0 Å². The minimum Gasteiger partial charge on any atom is -0.309 e. The Morgan fingerprint density at radius 2 is 0.815 bits per heavy atom. The molecule has 1 nitrogen and oxygen atoms in total. The van der Waals surface area contributed by atoms with Crippen LogP contribution in [0.1, 0.15) is 22.3 Å². The van der Waals surface area contributed by atoms with E-state index in [9.17, 15) is 0 Å². The van der Waals surface area contributed by atoms with Crippen molar-refractivity contribution in [3.05, 3.63) is 210 Å². The van der Waals surface area contributed by atoms with E-state index in [4.69, 9.17) is 0 Å². The zero-order chi connectivity index (χ0) is 35.1. The van der Waals surface area contributed by atoms with Crippen LogP contribution >= 0.6 is 0 Å². The smallest absolute Gasteiger partial charge is 0.0726 e. The highest BCUT2D eigenvalue weighted by Crippen LogP contribution is 2.64. The largest absolute Gasteiger partial charge is 0.309 e. The molecule has 0 amide bonds. The molecule has 0 saturated heterocycles. The van der Waals surface area contributed by atoms with E-state index in [1.807, 2.05) is 0 Å². The normalized spacial score (nSPS) is 15.5. The minimum absolute atomic E-state index is 0.477. The first kappa shape index (κ1) is 28.6. The second-order valence-corrected chi connectivity index (χ2v) is 15.1. The van der Waals surface area contributed by atoms with Crippen molar-refractivity contribution in [1.29, 1.82) is 0 Å². The summed E-state index contributed by atoms with van der Waals surface area (Å²) in [6.07, 6.45) is 0. The van der Waals surface area contributed by atoms with E-state index in [1.54, 1.807) is 0 Å². The van der Waals surface area contributed by atoms with Gasteiger partial charge in [-0.05, 0) is 113 Å². The van der Waals surface area contributed by atoms with Gasteiger partial charge in [-0.15, -0.1) is 0 Å². The lowest BCUT2D eigenvalue weighted by Gasteiger charge is -2.31. The molecule has 1 aromatic heterocycles. The second-order valence-electron chi connectivity index (χ2n) is 15.1. The maximum atomic E-state index is 2.56. The van der Waals surface area contributed by atoms with E-state index >= 15 is 0 Å². The van der Waals surface area contributed by atoms with E-state index in [1.165, 1.54) is 115 Å². The van der Waals surface area contributed by atoms with Crippen LogP contribution in [-0.2, 0) is 5.41 Å². The number of benzene rings is 10. The van der Waals surface area contributed by atoms with Crippen LogP contribution in [0.25, 0.3) is 92.8 Å². The number of fused-ring (bicyclic) bond motifs is 21. The molecular weight excluding hydrogens is 651 g/mol. The third-order valence-electron chi connectivity index (χ3n) is 12.8. The van der Waals surface area contributed by atoms with Gasteiger partial charge in [0.1, 0.15) is 0 Å². The van der Waals surface area contributed by atoms with Gasteiger partial charge in [0, 0.05) is 21.8 Å². The molecular formula is C53H31N. The highest BCUT2D eigenvalue weighted by Gasteiger charge is 2.52. The molecule has 2 aliphatic carbocycles. The first-order valence-corrected chi connectivity index (χ1v) is 18.9. The summed E-state index contributed by atoms with van der Waals surface area (Å²) in [4.78, 5) is 0. The van der Waals surface area contributed by atoms with Crippen molar-refractivity contribution >= 4 is 64.9 Å². The predicted octanol–water partition coefficient (Wildman–Crippen LogP) is 13.7. The van der Waals surface area contributed by atoms with Crippen molar-refractivity contribution in [3.8, 4) is 27.9 Å². The van der Waals surface area contributed by atoms with Crippen LogP contribution < -0.4 is 0 Å². The Kier molecular flexibility index (Phi) is 5.36. The molecule has 54 heavy (non-hydrogen) atoms. The molecule has 0 radical (unpaired) electrons. The quantitative estimate of drug-likeness (QED) is 0.152. The van der Waals surface area contributed by atoms with Crippen LogP contribution in [0.5, 0.6) is 0 Å². The summed E-state index contributed by atoms with van der Waals surface area (Å²) in [5, 5.41) is 12.9. The number of nitrogens with zero attached hydrogens (tertiary/aromatic N) is 1. The highest BCUT2D eigenvalue weighted by atomic mass is 15.0. The topological polar surface area (TPSA) is 4.93 Å². The van der Waals surface area contributed by atoms with Gasteiger partial charge < -0.3 is 4.57 Å². The second kappa shape index (κ2) is 10.1.